The average molecular weight is 153 g/mol. The Bertz CT molecular complexity index is 279. The van der Waals surface area contributed by atoms with Crippen molar-refractivity contribution in [3.05, 3.63) is 28.4 Å². The Morgan fingerprint density at radius 1 is 1.82 bits per heavy atom. The van der Waals surface area contributed by atoms with Gasteiger partial charge in [-0.05, 0) is 13.0 Å². The predicted molar refractivity (Wildman–Crippen MR) is 42.2 cm³/mol. The molecule has 3 N–H and O–H groups in total. The summed E-state index contributed by atoms with van der Waals surface area (Å²) in [5, 5.41) is 0. The first-order valence-corrected chi connectivity index (χ1v) is 3.48. The molecule has 1 aromatic heterocycles. The summed E-state index contributed by atoms with van der Waals surface area (Å²) in [7, 11) is 0. The Morgan fingerprint density at radius 3 is 3.09 bits per heavy atom. The fraction of sp³-hybridized carbons (Fsp3) is 0.429. The topological polar surface area (TPSA) is 71.8 Å². The maximum absolute atomic E-state index is 10.7. The normalized spacial score (nSPS) is 12.9. The van der Waals surface area contributed by atoms with Crippen molar-refractivity contribution in [1.29, 1.82) is 0 Å². The molecule has 0 fully saturated rings. The van der Waals surface area contributed by atoms with Crippen molar-refractivity contribution in [3.63, 3.8) is 0 Å². The summed E-state index contributed by atoms with van der Waals surface area (Å²) in [5.74, 6) is 0. The van der Waals surface area contributed by atoms with Crippen LogP contribution in [-0.4, -0.2) is 16.0 Å². The van der Waals surface area contributed by atoms with Gasteiger partial charge in [-0.25, -0.2) is 9.78 Å². The summed E-state index contributed by atoms with van der Waals surface area (Å²) in [5.41, 5.74) is 6.05. The van der Waals surface area contributed by atoms with Crippen LogP contribution >= 0.6 is 0 Å². The Hall–Kier alpha value is -1.16. The molecule has 4 heteroatoms. The molecule has 1 atom stereocenters. The van der Waals surface area contributed by atoms with Gasteiger partial charge in [0, 0.05) is 24.4 Å². The van der Waals surface area contributed by atoms with Gasteiger partial charge in [0.05, 0.1) is 0 Å². The minimum Gasteiger partial charge on any atom is -0.328 e. The van der Waals surface area contributed by atoms with E-state index in [1.54, 1.807) is 6.07 Å². The Kier molecular flexibility index (Phi) is 2.38. The second-order valence-electron chi connectivity index (χ2n) is 2.58. The number of aromatic nitrogens is 2. The predicted octanol–water partition coefficient (Wildman–Crippen LogP) is -0.340. The second kappa shape index (κ2) is 3.30. The van der Waals surface area contributed by atoms with Crippen LogP contribution in [0.5, 0.6) is 0 Å². The molecule has 0 aliphatic carbocycles. The van der Waals surface area contributed by atoms with Crippen LogP contribution in [0.15, 0.2) is 17.1 Å². The van der Waals surface area contributed by atoms with Crippen molar-refractivity contribution < 1.29 is 0 Å². The van der Waals surface area contributed by atoms with Crippen LogP contribution in [0.2, 0.25) is 0 Å². The number of hydrogen-bond acceptors (Lipinski definition) is 3. The molecule has 1 unspecified atom stereocenters. The van der Waals surface area contributed by atoms with Crippen molar-refractivity contribution in [1.82, 2.24) is 9.97 Å². The monoisotopic (exact) mass is 153 g/mol. The largest absolute Gasteiger partial charge is 0.345 e. The van der Waals surface area contributed by atoms with Crippen molar-refractivity contribution in [3.8, 4) is 0 Å². The van der Waals surface area contributed by atoms with Crippen LogP contribution < -0.4 is 11.4 Å². The molecule has 0 amide bonds. The third-order valence-corrected chi connectivity index (χ3v) is 1.28. The first-order chi connectivity index (χ1) is 5.18. The molecule has 0 bridgehead atoms. The number of aromatic amines is 1. The van der Waals surface area contributed by atoms with Crippen LogP contribution in [0.1, 0.15) is 12.6 Å². The van der Waals surface area contributed by atoms with E-state index in [2.05, 4.69) is 9.97 Å². The molecule has 0 spiro atoms. The first-order valence-electron chi connectivity index (χ1n) is 3.48. The third kappa shape index (κ3) is 2.51. The number of rotatable bonds is 2. The van der Waals surface area contributed by atoms with Gasteiger partial charge >= 0.3 is 5.69 Å². The van der Waals surface area contributed by atoms with E-state index in [9.17, 15) is 4.79 Å². The minimum absolute atomic E-state index is 0.0630. The minimum atomic E-state index is -0.317. The number of hydrogen-bond donors (Lipinski definition) is 2. The van der Waals surface area contributed by atoms with E-state index < -0.39 is 0 Å². The van der Waals surface area contributed by atoms with Gasteiger partial charge in [-0.1, -0.05) is 0 Å². The number of nitrogens with one attached hydrogen (secondary N) is 1. The molecule has 0 aliphatic heterocycles. The lowest BCUT2D eigenvalue weighted by Gasteiger charge is -2.02. The van der Waals surface area contributed by atoms with Gasteiger partial charge in [0.1, 0.15) is 0 Å². The van der Waals surface area contributed by atoms with Gasteiger partial charge < -0.3 is 10.7 Å². The molecule has 0 aromatic carbocycles. The summed E-state index contributed by atoms with van der Waals surface area (Å²) in [4.78, 5) is 16.8. The molecule has 4 nitrogen and oxygen atoms in total. The van der Waals surface area contributed by atoms with E-state index in [0.717, 1.165) is 5.69 Å². The van der Waals surface area contributed by atoms with Crippen molar-refractivity contribution in [2.75, 3.05) is 0 Å². The molecule has 1 heterocycles. The van der Waals surface area contributed by atoms with Gasteiger partial charge in [0.2, 0.25) is 0 Å². The zero-order valence-electron chi connectivity index (χ0n) is 6.37. The van der Waals surface area contributed by atoms with E-state index in [-0.39, 0.29) is 11.7 Å². The highest BCUT2D eigenvalue weighted by Crippen LogP contribution is 1.92. The van der Waals surface area contributed by atoms with E-state index in [0.29, 0.717) is 6.42 Å². The summed E-state index contributed by atoms with van der Waals surface area (Å²) < 4.78 is 0. The maximum atomic E-state index is 10.7. The van der Waals surface area contributed by atoms with E-state index in [1.165, 1.54) is 6.20 Å². The van der Waals surface area contributed by atoms with Crippen LogP contribution in [0.25, 0.3) is 0 Å². The molecular formula is C7H11N3O. The molecular weight excluding hydrogens is 142 g/mol. The van der Waals surface area contributed by atoms with Gasteiger partial charge in [0.15, 0.2) is 0 Å². The first kappa shape index (κ1) is 7.94. The molecule has 0 saturated carbocycles. The van der Waals surface area contributed by atoms with Gasteiger partial charge in [-0.2, -0.15) is 0 Å². The molecule has 1 aromatic rings. The molecule has 60 valence electrons. The Morgan fingerprint density at radius 2 is 2.55 bits per heavy atom. The highest BCUT2D eigenvalue weighted by molar-refractivity contribution is 4.99. The third-order valence-electron chi connectivity index (χ3n) is 1.28. The summed E-state index contributed by atoms with van der Waals surface area (Å²) >= 11 is 0. The smallest absolute Gasteiger partial charge is 0.328 e. The van der Waals surface area contributed by atoms with E-state index in [1.807, 2.05) is 6.92 Å². The molecule has 0 aliphatic rings. The lowest BCUT2D eigenvalue weighted by molar-refractivity contribution is 0.716. The van der Waals surface area contributed by atoms with Crippen LogP contribution in [0, 0.1) is 0 Å². The van der Waals surface area contributed by atoms with E-state index in [4.69, 9.17) is 5.73 Å². The van der Waals surface area contributed by atoms with Crippen LogP contribution in [0.4, 0.5) is 0 Å². The van der Waals surface area contributed by atoms with Crippen LogP contribution in [0.3, 0.4) is 0 Å². The Balaban J connectivity index is 2.80. The van der Waals surface area contributed by atoms with Crippen molar-refractivity contribution in [2.24, 2.45) is 5.73 Å². The molecule has 0 saturated heterocycles. The van der Waals surface area contributed by atoms with Crippen molar-refractivity contribution in [2.45, 2.75) is 19.4 Å². The molecule has 11 heavy (non-hydrogen) atoms. The van der Waals surface area contributed by atoms with Gasteiger partial charge in [0.25, 0.3) is 0 Å². The van der Waals surface area contributed by atoms with Gasteiger partial charge in [-0.15, -0.1) is 0 Å². The quantitative estimate of drug-likeness (QED) is 0.610. The van der Waals surface area contributed by atoms with Crippen LogP contribution in [-0.2, 0) is 6.42 Å². The van der Waals surface area contributed by atoms with E-state index >= 15 is 0 Å². The lowest BCUT2D eigenvalue weighted by Crippen LogP contribution is -2.21. The van der Waals surface area contributed by atoms with Gasteiger partial charge in [-0.3, -0.25) is 0 Å². The second-order valence-corrected chi connectivity index (χ2v) is 2.58. The Labute approximate surface area is 64.5 Å². The maximum Gasteiger partial charge on any atom is 0.345 e. The lowest BCUT2D eigenvalue weighted by atomic mass is 10.2. The van der Waals surface area contributed by atoms with Crippen molar-refractivity contribution >= 4 is 0 Å². The number of nitrogens with zero attached hydrogens (tertiary/aromatic N) is 1. The highest BCUT2D eigenvalue weighted by Gasteiger charge is 1.97. The summed E-state index contributed by atoms with van der Waals surface area (Å²) in [6, 6.07) is 1.82. The summed E-state index contributed by atoms with van der Waals surface area (Å²) in [6.07, 6.45) is 2.16. The SMILES string of the molecule is CC(N)Cc1ccnc(=O)[nH]1. The molecule has 0 radical (unpaired) electrons. The fourth-order valence-corrected chi connectivity index (χ4v) is 0.872. The number of H-pyrrole nitrogens is 1. The standard InChI is InChI=1S/C7H11N3O/c1-5(8)4-6-2-3-9-7(11)10-6/h2-3,5H,4,8H2,1H3,(H,9,10,11). The number of nitrogens with two attached hydrogens (primary N) is 1. The fourth-order valence-electron chi connectivity index (χ4n) is 0.872. The highest BCUT2D eigenvalue weighted by atomic mass is 16.1. The zero-order chi connectivity index (χ0) is 8.27. The molecule has 1 rings (SSSR count). The average Bonchev–Trinajstić information content (AvgIpc) is 1.85. The summed E-state index contributed by atoms with van der Waals surface area (Å²) in [6.45, 7) is 1.89. The zero-order valence-corrected chi connectivity index (χ0v) is 6.37.